The maximum absolute atomic E-state index is 10.9. The van der Waals surface area contributed by atoms with Gasteiger partial charge in [-0.05, 0) is 11.3 Å². The van der Waals surface area contributed by atoms with E-state index in [9.17, 15) is 4.79 Å². The fourth-order valence-electron chi connectivity index (χ4n) is 0.842. The Kier molecular flexibility index (Phi) is 0.913. The van der Waals surface area contributed by atoms with Gasteiger partial charge in [0.15, 0.2) is 5.71 Å². The van der Waals surface area contributed by atoms with E-state index in [0.717, 1.165) is 0 Å². The van der Waals surface area contributed by atoms with E-state index in [1.165, 1.54) is 0 Å². The molecule has 1 unspecified atom stereocenters. The van der Waals surface area contributed by atoms with Crippen LogP contribution in [0.15, 0.2) is 27.7 Å². The Morgan fingerprint density at radius 2 is 2.50 bits per heavy atom. The summed E-state index contributed by atoms with van der Waals surface area (Å²) < 4.78 is 0. The number of hydrogen-bond acceptors (Lipinski definition) is 4. The van der Waals surface area contributed by atoms with E-state index < -0.39 is 0 Å². The lowest BCUT2D eigenvalue weighted by atomic mass is 10.1. The van der Waals surface area contributed by atoms with Crippen molar-refractivity contribution in [3.8, 4) is 0 Å². The Morgan fingerprint density at radius 3 is 3.30 bits per heavy atom. The van der Waals surface area contributed by atoms with Gasteiger partial charge >= 0.3 is 0 Å². The minimum Gasteiger partial charge on any atom is -0.328 e. The Hall–Kier alpha value is -1.52. The van der Waals surface area contributed by atoms with Gasteiger partial charge in [-0.3, -0.25) is 4.79 Å². The first-order chi connectivity index (χ1) is 4.88. The third-order valence-electron chi connectivity index (χ3n) is 1.33. The zero-order valence-corrected chi connectivity index (χ0v) is 4.98. The molecule has 0 aromatic carbocycles. The molecule has 2 rings (SSSR count). The van der Waals surface area contributed by atoms with Crippen molar-refractivity contribution in [3.63, 3.8) is 0 Å². The molecule has 2 aliphatic rings. The van der Waals surface area contributed by atoms with Gasteiger partial charge in [0.05, 0.1) is 0 Å². The molecule has 1 N–H and O–H groups in total. The first-order valence-corrected chi connectivity index (χ1v) is 2.83. The highest BCUT2D eigenvalue weighted by atomic mass is 16.2. The average Bonchev–Trinajstić information content (AvgIpc) is 2.36. The molecule has 0 radical (unpaired) electrons. The second kappa shape index (κ2) is 1.73. The molecule has 0 spiro atoms. The van der Waals surface area contributed by atoms with Crippen molar-refractivity contribution in [1.82, 2.24) is 5.32 Å². The van der Waals surface area contributed by atoms with Crippen LogP contribution in [0, 0.1) is 0 Å². The molecular weight excluding hydrogens is 132 g/mol. The second-order valence-corrected chi connectivity index (χ2v) is 1.97. The van der Waals surface area contributed by atoms with Crippen LogP contribution in [-0.4, -0.2) is 17.7 Å². The number of nitrogens with zero attached hydrogens (tertiary/aromatic N) is 3. The van der Waals surface area contributed by atoms with E-state index >= 15 is 0 Å². The monoisotopic (exact) mass is 136 g/mol. The van der Waals surface area contributed by atoms with Crippen LogP contribution in [0.4, 0.5) is 0 Å². The first kappa shape index (κ1) is 5.28. The number of rotatable bonds is 0. The number of carbonyl (C=O) groups is 1. The van der Waals surface area contributed by atoms with Crippen molar-refractivity contribution in [3.05, 3.63) is 12.3 Å². The summed E-state index contributed by atoms with van der Waals surface area (Å²) in [4.78, 5) is 10.9. The third kappa shape index (κ3) is 0.570. The van der Waals surface area contributed by atoms with E-state index in [1.807, 2.05) is 0 Å². The van der Waals surface area contributed by atoms with Crippen molar-refractivity contribution < 1.29 is 4.79 Å². The predicted molar refractivity (Wildman–Crippen MR) is 33.4 cm³/mol. The molecule has 0 saturated carbocycles. The Bertz CT molecular complexity index is 265. The highest BCUT2D eigenvalue weighted by Crippen LogP contribution is 2.09. The van der Waals surface area contributed by atoms with E-state index in [2.05, 4.69) is 20.8 Å². The van der Waals surface area contributed by atoms with Gasteiger partial charge in [0, 0.05) is 6.20 Å². The van der Waals surface area contributed by atoms with Crippen molar-refractivity contribution in [2.45, 2.75) is 6.04 Å². The topological polar surface area (TPSA) is 66.2 Å². The molecule has 1 atom stereocenters. The molecule has 5 heteroatoms. The van der Waals surface area contributed by atoms with Gasteiger partial charge in [-0.15, -0.1) is 5.10 Å². The van der Waals surface area contributed by atoms with Gasteiger partial charge in [-0.2, -0.15) is 5.11 Å². The third-order valence-corrected chi connectivity index (χ3v) is 1.33. The van der Waals surface area contributed by atoms with Gasteiger partial charge in [-0.25, -0.2) is 0 Å². The van der Waals surface area contributed by atoms with Gasteiger partial charge in [0.1, 0.15) is 6.04 Å². The standard InChI is InChI=1S/C5H4N4O/c10-5-4-3(1-2-6-5)7-9-8-4/h1-3H,(H,6,10). The molecule has 0 aromatic heterocycles. The van der Waals surface area contributed by atoms with Gasteiger partial charge in [0.2, 0.25) is 0 Å². The highest BCUT2D eigenvalue weighted by molar-refractivity contribution is 6.42. The molecule has 0 fully saturated rings. The van der Waals surface area contributed by atoms with Crippen LogP contribution in [0.25, 0.3) is 0 Å². The van der Waals surface area contributed by atoms with Crippen molar-refractivity contribution in [1.29, 1.82) is 0 Å². The normalized spacial score (nSPS) is 27.8. The molecule has 5 nitrogen and oxygen atoms in total. The summed E-state index contributed by atoms with van der Waals surface area (Å²) in [5, 5.41) is 13.1. The van der Waals surface area contributed by atoms with Crippen LogP contribution < -0.4 is 5.32 Å². The number of amides is 1. The van der Waals surface area contributed by atoms with E-state index in [4.69, 9.17) is 0 Å². The van der Waals surface area contributed by atoms with Crippen LogP contribution in [0.1, 0.15) is 0 Å². The fourth-order valence-corrected chi connectivity index (χ4v) is 0.842. The highest BCUT2D eigenvalue weighted by Gasteiger charge is 2.26. The van der Waals surface area contributed by atoms with E-state index in [1.54, 1.807) is 12.3 Å². The molecule has 1 amide bonds. The van der Waals surface area contributed by atoms with E-state index in [0.29, 0.717) is 5.71 Å². The molecule has 10 heavy (non-hydrogen) atoms. The molecule has 2 aliphatic heterocycles. The predicted octanol–water partition coefficient (Wildman–Crippen LogP) is -0.180. The van der Waals surface area contributed by atoms with Gasteiger partial charge < -0.3 is 5.32 Å². The molecule has 0 aromatic rings. The zero-order valence-electron chi connectivity index (χ0n) is 4.98. The van der Waals surface area contributed by atoms with E-state index in [-0.39, 0.29) is 11.9 Å². The summed E-state index contributed by atoms with van der Waals surface area (Å²) in [6.45, 7) is 0. The van der Waals surface area contributed by atoms with Crippen LogP contribution in [-0.2, 0) is 4.79 Å². The summed E-state index contributed by atoms with van der Waals surface area (Å²) in [5.74, 6) is -0.211. The fraction of sp³-hybridized carbons (Fsp3) is 0.200. The molecule has 0 bridgehead atoms. The summed E-state index contributed by atoms with van der Waals surface area (Å²) in [5.41, 5.74) is 0.377. The lowest BCUT2D eigenvalue weighted by molar-refractivity contribution is -0.114. The molecule has 0 aliphatic carbocycles. The molecule has 2 heterocycles. The van der Waals surface area contributed by atoms with Gasteiger partial charge in [0.25, 0.3) is 5.91 Å². The van der Waals surface area contributed by atoms with Crippen LogP contribution in [0.5, 0.6) is 0 Å². The molecular formula is C5H4N4O. The SMILES string of the molecule is O=C1NC=CC2N=NN=C12. The quantitative estimate of drug-likeness (QED) is 0.493. The van der Waals surface area contributed by atoms with Gasteiger partial charge in [-0.1, -0.05) is 0 Å². The summed E-state index contributed by atoms with van der Waals surface area (Å²) in [7, 11) is 0. The minimum atomic E-state index is -0.242. The first-order valence-electron chi connectivity index (χ1n) is 2.83. The maximum Gasteiger partial charge on any atom is 0.274 e. The van der Waals surface area contributed by atoms with Crippen LogP contribution in [0.2, 0.25) is 0 Å². The number of carbonyl (C=O) groups excluding carboxylic acids is 1. The summed E-state index contributed by atoms with van der Waals surface area (Å²) in [6.07, 6.45) is 3.28. The lowest BCUT2D eigenvalue weighted by Crippen LogP contribution is -2.36. The lowest BCUT2D eigenvalue weighted by Gasteiger charge is -2.07. The second-order valence-electron chi connectivity index (χ2n) is 1.97. The van der Waals surface area contributed by atoms with Crippen molar-refractivity contribution >= 4 is 11.6 Å². The summed E-state index contributed by atoms with van der Waals surface area (Å²) >= 11 is 0. The Morgan fingerprint density at radius 1 is 1.60 bits per heavy atom. The maximum atomic E-state index is 10.9. The Labute approximate surface area is 56.5 Å². The Balaban J connectivity index is 2.41. The number of fused-ring (bicyclic) bond motifs is 1. The number of nitrogens with one attached hydrogen (secondary N) is 1. The zero-order chi connectivity index (χ0) is 6.97. The number of hydrogen-bond donors (Lipinski definition) is 1. The summed E-state index contributed by atoms with van der Waals surface area (Å²) in [6, 6.07) is -0.242. The molecule has 0 saturated heterocycles. The van der Waals surface area contributed by atoms with Crippen molar-refractivity contribution in [2.24, 2.45) is 15.4 Å². The van der Waals surface area contributed by atoms with Crippen LogP contribution in [0.3, 0.4) is 0 Å². The largest absolute Gasteiger partial charge is 0.328 e. The molecule has 50 valence electrons. The average molecular weight is 136 g/mol. The van der Waals surface area contributed by atoms with Crippen LogP contribution >= 0.6 is 0 Å². The smallest absolute Gasteiger partial charge is 0.274 e. The minimum absolute atomic E-state index is 0.211. The van der Waals surface area contributed by atoms with Crippen molar-refractivity contribution in [2.75, 3.05) is 0 Å².